The van der Waals surface area contributed by atoms with E-state index in [1.165, 1.54) is 30.5 Å². The van der Waals surface area contributed by atoms with E-state index in [1.807, 2.05) is 24.3 Å². The van der Waals surface area contributed by atoms with Crippen LogP contribution in [0.15, 0.2) is 48.5 Å². The van der Waals surface area contributed by atoms with Gasteiger partial charge in [-0.1, -0.05) is 38.0 Å². The average Bonchev–Trinajstić information content (AvgIpc) is 2.62. The fourth-order valence-corrected chi connectivity index (χ4v) is 2.72. The number of benzene rings is 2. The predicted molar refractivity (Wildman–Crippen MR) is 106 cm³/mol. The first-order valence-electron chi connectivity index (χ1n) is 8.84. The second-order valence-corrected chi connectivity index (χ2v) is 6.55. The van der Waals surface area contributed by atoms with Crippen LogP contribution in [0, 0.1) is 0 Å². The predicted octanol–water partition coefficient (Wildman–Crippen LogP) is 5.44. The zero-order chi connectivity index (χ0) is 20.6. The molecular weight excluding hydrogens is 389 g/mol. The Morgan fingerprint density at radius 3 is 2.46 bits per heavy atom. The van der Waals surface area contributed by atoms with Gasteiger partial charge in [-0.3, -0.25) is 10.1 Å². The lowest BCUT2D eigenvalue weighted by Gasteiger charge is -2.12. The molecule has 0 fully saturated rings. The number of halogens is 3. The van der Waals surface area contributed by atoms with Crippen molar-refractivity contribution in [1.82, 2.24) is 5.32 Å². The molecule has 8 heteroatoms. The number of rotatable bonds is 7. The molecule has 0 radical (unpaired) electrons. The Morgan fingerprint density at radius 2 is 1.82 bits per heavy atom. The molecule has 28 heavy (non-hydrogen) atoms. The van der Waals surface area contributed by atoms with Crippen LogP contribution in [0.25, 0.3) is 0 Å². The van der Waals surface area contributed by atoms with Gasteiger partial charge in [0.2, 0.25) is 0 Å². The van der Waals surface area contributed by atoms with Crippen molar-refractivity contribution in [2.45, 2.75) is 39.0 Å². The van der Waals surface area contributed by atoms with Crippen LogP contribution in [0.5, 0.6) is 5.75 Å². The van der Waals surface area contributed by atoms with E-state index in [9.17, 15) is 18.0 Å². The molecule has 0 aliphatic rings. The number of hydrogen-bond donors (Lipinski definition) is 2. The molecule has 1 amide bonds. The number of alkyl halides is 3. The van der Waals surface area contributed by atoms with Gasteiger partial charge in [-0.2, -0.15) is 0 Å². The topological polar surface area (TPSA) is 50.4 Å². The molecule has 150 valence electrons. The van der Waals surface area contributed by atoms with Crippen LogP contribution in [-0.4, -0.2) is 17.4 Å². The average molecular weight is 410 g/mol. The molecule has 0 bridgehead atoms. The van der Waals surface area contributed by atoms with E-state index >= 15 is 0 Å². The number of unbranched alkanes of at least 4 members (excludes halogenated alkanes) is 2. The highest BCUT2D eigenvalue weighted by molar-refractivity contribution is 7.80. The molecular formula is C20H21F3N2O2S. The molecule has 0 saturated carbocycles. The number of anilines is 1. The van der Waals surface area contributed by atoms with Crippen molar-refractivity contribution in [2.24, 2.45) is 0 Å². The molecule has 0 aliphatic carbocycles. The number of nitrogens with one attached hydrogen (secondary N) is 2. The third-order valence-corrected chi connectivity index (χ3v) is 4.04. The summed E-state index contributed by atoms with van der Waals surface area (Å²) in [6, 6.07) is 12.5. The molecule has 0 unspecified atom stereocenters. The number of carbonyl (C=O) groups is 1. The van der Waals surface area contributed by atoms with E-state index in [4.69, 9.17) is 12.2 Å². The first-order valence-corrected chi connectivity index (χ1v) is 9.25. The van der Waals surface area contributed by atoms with Crippen molar-refractivity contribution in [1.29, 1.82) is 0 Å². The minimum atomic E-state index is -4.82. The van der Waals surface area contributed by atoms with Gasteiger partial charge in [0.25, 0.3) is 5.91 Å². The van der Waals surface area contributed by atoms with Crippen molar-refractivity contribution >= 4 is 28.9 Å². The standard InChI is InChI=1S/C20H21F3N2O2S/c1-2-3-4-6-14-9-11-16(12-10-14)24-19(28)25-18(26)15-7-5-8-17(13-15)27-20(21,22)23/h5,7-13H,2-4,6H2,1H3,(H2,24,25,26,28). The highest BCUT2D eigenvalue weighted by atomic mass is 32.1. The summed E-state index contributed by atoms with van der Waals surface area (Å²) in [7, 11) is 0. The maximum atomic E-state index is 12.3. The minimum Gasteiger partial charge on any atom is -0.406 e. The number of hydrogen-bond acceptors (Lipinski definition) is 3. The first kappa shape index (κ1) is 21.7. The van der Waals surface area contributed by atoms with Crippen molar-refractivity contribution < 1.29 is 22.7 Å². The highest BCUT2D eigenvalue weighted by Gasteiger charge is 2.31. The van der Waals surface area contributed by atoms with Gasteiger partial charge in [0.1, 0.15) is 5.75 Å². The van der Waals surface area contributed by atoms with E-state index in [0.717, 1.165) is 25.0 Å². The molecule has 0 saturated heterocycles. The van der Waals surface area contributed by atoms with Crippen LogP contribution < -0.4 is 15.4 Å². The Bertz CT molecular complexity index is 808. The van der Waals surface area contributed by atoms with E-state index < -0.39 is 18.0 Å². The van der Waals surface area contributed by atoms with Crippen LogP contribution in [0.4, 0.5) is 18.9 Å². The summed E-state index contributed by atoms with van der Waals surface area (Å²) < 4.78 is 40.7. The van der Waals surface area contributed by atoms with Gasteiger partial charge in [-0.25, -0.2) is 0 Å². The normalized spacial score (nSPS) is 11.0. The van der Waals surface area contributed by atoms with Gasteiger partial charge in [0.05, 0.1) is 0 Å². The smallest absolute Gasteiger partial charge is 0.406 e. The molecule has 0 spiro atoms. The summed E-state index contributed by atoms with van der Waals surface area (Å²) in [5.41, 5.74) is 1.92. The largest absolute Gasteiger partial charge is 0.573 e. The van der Waals surface area contributed by atoms with Crippen LogP contribution >= 0.6 is 12.2 Å². The lowest BCUT2D eigenvalue weighted by atomic mass is 10.1. The Morgan fingerprint density at radius 1 is 1.11 bits per heavy atom. The van der Waals surface area contributed by atoms with E-state index in [0.29, 0.717) is 5.69 Å². The third kappa shape index (κ3) is 7.56. The molecule has 0 atom stereocenters. The van der Waals surface area contributed by atoms with Crippen LogP contribution in [0.2, 0.25) is 0 Å². The lowest BCUT2D eigenvalue weighted by molar-refractivity contribution is -0.274. The van der Waals surface area contributed by atoms with Crippen molar-refractivity contribution in [2.75, 3.05) is 5.32 Å². The fraction of sp³-hybridized carbons (Fsp3) is 0.300. The molecule has 0 aliphatic heterocycles. The quantitative estimate of drug-likeness (QED) is 0.471. The fourth-order valence-electron chi connectivity index (χ4n) is 2.51. The summed E-state index contributed by atoms with van der Waals surface area (Å²) in [5, 5.41) is 5.36. The van der Waals surface area contributed by atoms with Gasteiger partial charge in [-0.05, 0) is 61.0 Å². The zero-order valence-corrected chi connectivity index (χ0v) is 16.1. The number of ether oxygens (including phenoxy) is 1. The van der Waals surface area contributed by atoms with Crippen molar-refractivity contribution in [3.63, 3.8) is 0 Å². The van der Waals surface area contributed by atoms with E-state index in [2.05, 4.69) is 22.3 Å². The number of amides is 1. The van der Waals surface area contributed by atoms with Gasteiger partial charge >= 0.3 is 6.36 Å². The Kier molecular flexibility index (Phi) is 7.80. The number of thiocarbonyl (C=S) groups is 1. The maximum Gasteiger partial charge on any atom is 0.573 e. The molecule has 2 N–H and O–H groups in total. The Hall–Kier alpha value is -2.61. The lowest BCUT2D eigenvalue weighted by Crippen LogP contribution is -2.34. The summed E-state index contributed by atoms with van der Waals surface area (Å²) in [4.78, 5) is 12.2. The summed E-state index contributed by atoms with van der Waals surface area (Å²) in [6.07, 6.45) is -0.334. The zero-order valence-electron chi connectivity index (χ0n) is 15.3. The first-order chi connectivity index (χ1) is 13.3. The molecule has 0 aromatic heterocycles. The maximum absolute atomic E-state index is 12.3. The Labute approximate surface area is 167 Å². The molecule has 4 nitrogen and oxygen atoms in total. The summed E-state index contributed by atoms with van der Waals surface area (Å²) in [6.45, 7) is 2.15. The van der Waals surface area contributed by atoms with E-state index in [1.54, 1.807) is 0 Å². The third-order valence-electron chi connectivity index (χ3n) is 3.84. The van der Waals surface area contributed by atoms with Gasteiger partial charge in [-0.15, -0.1) is 13.2 Å². The Balaban J connectivity index is 1.90. The molecule has 2 aromatic carbocycles. The highest BCUT2D eigenvalue weighted by Crippen LogP contribution is 2.23. The molecule has 2 aromatic rings. The van der Waals surface area contributed by atoms with E-state index in [-0.39, 0.29) is 10.7 Å². The van der Waals surface area contributed by atoms with Crippen LogP contribution in [0.1, 0.15) is 42.1 Å². The van der Waals surface area contributed by atoms with Crippen LogP contribution in [-0.2, 0) is 6.42 Å². The monoisotopic (exact) mass is 410 g/mol. The second-order valence-electron chi connectivity index (χ2n) is 6.14. The van der Waals surface area contributed by atoms with Gasteiger partial charge in [0, 0.05) is 11.3 Å². The minimum absolute atomic E-state index is 0.00262. The van der Waals surface area contributed by atoms with Crippen LogP contribution in [0.3, 0.4) is 0 Å². The van der Waals surface area contributed by atoms with Crippen molar-refractivity contribution in [3.8, 4) is 5.75 Å². The molecule has 0 heterocycles. The van der Waals surface area contributed by atoms with Gasteiger partial charge in [0.15, 0.2) is 5.11 Å². The van der Waals surface area contributed by atoms with Gasteiger partial charge < -0.3 is 10.1 Å². The number of aryl methyl sites for hydroxylation is 1. The second kappa shape index (κ2) is 10.1. The summed E-state index contributed by atoms with van der Waals surface area (Å²) in [5.74, 6) is -1.11. The summed E-state index contributed by atoms with van der Waals surface area (Å²) >= 11 is 5.10. The molecule has 2 rings (SSSR count). The number of carbonyl (C=O) groups excluding carboxylic acids is 1. The SMILES string of the molecule is CCCCCc1ccc(NC(=S)NC(=O)c2cccc(OC(F)(F)F)c2)cc1. The van der Waals surface area contributed by atoms with Crippen molar-refractivity contribution in [3.05, 3.63) is 59.7 Å².